The minimum absolute atomic E-state index is 0.137. The van der Waals surface area contributed by atoms with Gasteiger partial charge in [-0.1, -0.05) is 26.0 Å². The first-order valence-corrected chi connectivity index (χ1v) is 6.57. The van der Waals surface area contributed by atoms with Crippen molar-refractivity contribution in [3.05, 3.63) is 34.9 Å². The molecular formula is C15H21NO2. The maximum Gasteiger partial charge on any atom is 0.254 e. The molecule has 0 saturated carbocycles. The Bertz CT molecular complexity index is 434. The number of carbonyl (C=O) groups is 1. The predicted molar refractivity (Wildman–Crippen MR) is 72.0 cm³/mol. The van der Waals surface area contributed by atoms with Crippen LogP contribution in [0.2, 0.25) is 0 Å². The number of morpholine rings is 1. The van der Waals surface area contributed by atoms with Gasteiger partial charge in [0, 0.05) is 18.7 Å². The van der Waals surface area contributed by atoms with Crippen LogP contribution in [0.5, 0.6) is 0 Å². The van der Waals surface area contributed by atoms with Crippen molar-refractivity contribution in [3.8, 4) is 0 Å². The fraction of sp³-hybridized carbons (Fsp3) is 0.533. The standard InChI is InChI=1S/C15H21NO2/c1-11(2)13-5-4-6-14(12(13)3)15(17)16-7-9-18-10-8-16/h4-6,11H,7-10H2,1-3H3. The molecule has 18 heavy (non-hydrogen) atoms. The maximum atomic E-state index is 12.5. The number of carbonyl (C=O) groups excluding carboxylic acids is 1. The molecule has 0 aromatic heterocycles. The molecule has 0 radical (unpaired) electrons. The SMILES string of the molecule is Cc1c(C(=O)N2CCOCC2)cccc1C(C)C. The summed E-state index contributed by atoms with van der Waals surface area (Å²) in [4.78, 5) is 14.4. The van der Waals surface area contributed by atoms with Crippen molar-refractivity contribution >= 4 is 5.91 Å². The summed E-state index contributed by atoms with van der Waals surface area (Å²) in [6.45, 7) is 9.05. The van der Waals surface area contributed by atoms with Crippen LogP contribution >= 0.6 is 0 Å². The Balaban J connectivity index is 2.27. The molecule has 3 heteroatoms. The molecule has 1 fully saturated rings. The lowest BCUT2D eigenvalue weighted by atomic mass is 9.94. The lowest BCUT2D eigenvalue weighted by Gasteiger charge is -2.28. The largest absolute Gasteiger partial charge is 0.378 e. The Morgan fingerprint density at radius 3 is 2.56 bits per heavy atom. The zero-order valence-corrected chi connectivity index (χ0v) is 11.4. The van der Waals surface area contributed by atoms with Crippen molar-refractivity contribution < 1.29 is 9.53 Å². The first-order chi connectivity index (χ1) is 8.61. The molecule has 1 aliphatic heterocycles. The van der Waals surface area contributed by atoms with Gasteiger partial charge >= 0.3 is 0 Å². The summed E-state index contributed by atoms with van der Waals surface area (Å²) in [6.07, 6.45) is 0. The number of hydrogen-bond acceptors (Lipinski definition) is 2. The number of rotatable bonds is 2. The van der Waals surface area contributed by atoms with Crippen LogP contribution in [-0.4, -0.2) is 37.1 Å². The van der Waals surface area contributed by atoms with Crippen molar-refractivity contribution in [3.63, 3.8) is 0 Å². The summed E-state index contributed by atoms with van der Waals surface area (Å²) in [5.41, 5.74) is 3.21. The minimum atomic E-state index is 0.137. The van der Waals surface area contributed by atoms with Gasteiger partial charge in [0.25, 0.3) is 5.91 Å². The lowest BCUT2D eigenvalue weighted by molar-refractivity contribution is 0.0302. The smallest absolute Gasteiger partial charge is 0.254 e. The zero-order chi connectivity index (χ0) is 13.1. The van der Waals surface area contributed by atoms with Crippen LogP contribution in [0.15, 0.2) is 18.2 Å². The van der Waals surface area contributed by atoms with E-state index in [0.29, 0.717) is 32.2 Å². The highest BCUT2D eigenvalue weighted by Gasteiger charge is 2.21. The highest BCUT2D eigenvalue weighted by molar-refractivity contribution is 5.96. The van der Waals surface area contributed by atoms with E-state index in [1.165, 1.54) is 5.56 Å². The number of nitrogens with zero attached hydrogens (tertiary/aromatic N) is 1. The van der Waals surface area contributed by atoms with E-state index in [1.807, 2.05) is 24.0 Å². The van der Waals surface area contributed by atoms with Crippen LogP contribution in [0.4, 0.5) is 0 Å². The van der Waals surface area contributed by atoms with E-state index in [1.54, 1.807) is 0 Å². The van der Waals surface area contributed by atoms with Crippen molar-refractivity contribution in [2.45, 2.75) is 26.7 Å². The van der Waals surface area contributed by atoms with E-state index in [4.69, 9.17) is 4.74 Å². The van der Waals surface area contributed by atoms with E-state index in [9.17, 15) is 4.79 Å². The van der Waals surface area contributed by atoms with E-state index < -0.39 is 0 Å². The molecule has 1 heterocycles. The molecule has 0 spiro atoms. The van der Waals surface area contributed by atoms with E-state index >= 15 is 0 Å². The van der Waals surface area contributed by atoms with Crippen LogP contribution in [0.25, 0.3) is 0 Å². The molecule has 3 nitrogen and oxygen atoms in total. The third-order valence-electron chi connectivity index (χ3n) is 3.53. The molecule has 1 aliphatic rings. The van der Waals surface area contributed by atoms with Gasteiger partial charge in [-0.2, -0.15) is 0 Å². The summed E-state index contributed by atoms with van der Waals surface area (Å²) >= 11 is 0. The molecule has 0 atom stereocenters. The third-order valence-corrected chi connectivity index (χ3v) is 3.53. The Labute approximate surface area is 109 Å². The van der Waals surface area contributed by atoms with E-state index in [-0.39, 0.29) is 5.91 Å². The van der Waals surface area contributed by atoms with Gasteiger partial charge in [0.2, 0.25) is 0 Å². The third kappa shape index (κ3) is 2.56. The summed E-state index contributed by atoms with van der Waals surface area (Å²) in [6, 6.07) is 6.02. The normalized spacial score (nSPS) is 16.1. The Hall–Kier alpha value is -1.35. The quantitative estimate of drug-likeness (QED) is 0.804. The first kappa shape index (κ1) is 13.1. The van der Waals surface area contributed by atoms with Crippen LogP contribution in [0.1, 0.15) is 41.3 Å². The zero-order valence-electron chi connectivity index (χ0n) is 11.4. The fourth-order valence-corrected chi connectivity index (χ4v) is 2.45. The van der Waals surface area contributed by atoms with Crippen molar-refractivity contribution in [2.24, 2.45) is 0 Å². The highest BCUT2D eigenvalue weighted by Crippen LogP contribution is 2.23. The molecule has 0 unspecified atom stereocenters. The van der Waals surface area contributed by atoms with Crippen LogP contribution in [0, 0.1) is 6.92 Å². The summed E-state index contributed by atoms with van der Waals surface area (Å²) in [5.74, 6) is 0.584. The Morgan fingerprint density at radius 1 is 1.28 bits per heavy atom. The van der Waals surface area contributed by atoms with Gasteiger partial charge in [-0.25, -0.2) is 0 Å². The van der Waals surface area contributed by atoms with Gasteiger partial charge in [-0.15, -0.1) is 0 Å². The van der Waals surface area contributed by atoms with Gasteiger partial charge in [0.15, 0.2) is 0 Å². The molecule has 1 amide bonds. The molecule has 2 rings (SSSR count). The molecule has 1 aromatic carbocycles. The monoisotopic (exact) mass is 247 g/mol. The second-order valence-electron chi connectivity index (χ2n) is 5.08. The molecule has 1 aromatic rings. The number of hydrogen-bond donors (Lipinski definition) is 0. The van der Waals surface area contributed by atoms with Crippen molar-refractivity contribution in [1.29, 1.82) is 0 Å². The van der Waals surface area contributed by atoms with E-state index in [0.717, 1.165) is 11.1 Å². The van der Waals surface area contributed by atoms with Crippen LogP contribution in [0.3, 0.4) is 0 Å². The van der Waals surface area contributed by atoms with Crippen molar-refractivity contribution in [2.75, 3.05) is 26.3 Å². The second-order valence-corrected chi connectivity index (χ2v) is 5.08. The molecule has 0 N–H and O–H groups in total. The average Bonchev–Trinajstić information content (AvgIpc) is 2.39. The predicted octanol–water partition coefficient (Wildman–Crippen LogP) is 2.59. The molecule has 1 saturated heterocycles. The summed E-state index contributed by atoms with van der Waals surface area (Å²) in [5, 5.41) is 0. The fourth-order valence-electron chi connectivity index (χ4n) is 2.45. The van der Waals surface area contributed by atoms with Crippen LogP contribution in [-0.2, 0) is 4.74 Å². The number of ether oxygens (including phenoxy) is 1. The molecule has 0 aliphatic carbocycles. The van der Waals surface area contributed by atoms with Gasteiger partial charge in [-0.3, -0.25) is 4.79 Å². The molecule has 98 valence electrons. The van der Waals surface area contributed by atoms with Gasteiger partial charge in [0.05, 0.1) is 13.2 Å². The second kappa shape index (κ2) is 5.53. The lowest BCUT2D eigenvalue weighted by Crippen LogP contribution is -2.41. The molecule has 0 bridgehead atoms. The summed E-state index contributed by atoms with van der Waals surface area (Å²) < 4.78 is 5.28. The maximum absolute atomic E-state index is 12.5. The van der Waals surface area contributed by atoms with E-state index in [2.05, 4.69) is 19.9 Å². The van der Waals surface area contributed by atoms with Gasteiger partial charge in [-0.05, 0) is 30.0 Å². The number of amides is 1. The van der Waals surface area contributed by atoms with Gasteiger partial charge in [0.1, 0.15) is 0 Å². The average molecular weight is 247 g/mol. The Morgan fingerprint density at radius 2 is 1.94 bits per heavy atom. The Kier molecular flexibility index (Phi) is 4.02. The minimum Gasteiger partial charge on any atom is -0.378 e. The highest BCUT2D eigenvalue weighted by atomic mass is 16.5. The molecular weight excluding hydrogens is 226 g/mol. The summed E-state index contributed by atoms with van der Waals surface area (Å²) in [7, 11) is 0. The van der Waals surface area contributed by atoms with Crippen molar-refractivity contribution in [1.82, 2.24) is 4.90 Å². The first-order valence-electron chi connectivity index (χ1n) is 6.57. The topological polar surface area (TPSA) is 29.5 Å². The van der Waals surface area contributed by atoms with Crippen LogP contribution < -0.4 is 0 Å². The number of benzene rings is 1. The van der Waals surface area contributed by atoms with Gasteiger partial charge < -0.3 is 9.64 Å².